The van der Waals surface area contributed by atoms with E-state index in [0.717, 1.165) is 35.0 Å². The smallest absolute Gasteiger partial charge is 0.223 e. The highest BCUT2D eigenvalue weighted by atomic mass is 32.1. The Hall–Kier alpha value is -1.53. The van der Waals surface area contributed by atoms with Crippen LogP contribution < -0.4 is 10.1 Å². The van der Waals surface area contributed by atoms with Gasteiger partial charge in [-0.15, -0.1) is 10.2 Å². The van der Waals surface area contributed by atoms with Crippen LogP contribution in [0.15, 0.2) is 18.3 Å². The molecule has 2 rings (SSSR count). The quantitative estimate of drug-likeness (QED) is 0.806. The van der Waals surface area contributed by atoms with E-state index in [9.17, 15) is 0 Å². The van der Waals surface area contributed by atoms with E-state index >= 15 is 0 Å². The van der Waals surface area contributed by atoms with Crippen molar-refractivity contribution in [1.82, 2.24) is 20.5 Å². The van der Waals surface area contributed by atoms with Gasteiger partial charge in [0.05, 0.1) is 12.7 Å². The van der Waals surface area contributed by atoms with E-state index < -0.39 is 0 Å². The zero-order valence-corrected chi connectivity index (χ0v) is 11.3. The Morgan fingerprint density at radius 1 is 1.39 bits per heavy atom. The molecule has 0 aromatic carbocycles. The van der Waals surface area contributed by atoms with E-state index in [1.807, 2.05) is 19.2 Å². The van der Waals surface area contributed by atoms with Crippen LogP contribution in [0.4, 0.5) is 0 Å². The van der Waals surface area contributed by atoms with Crippen LogP contribution >= 0.6 is 11.3 Å². The highest BCUT2D eigenvalue weighted by Crippen LogP contribution is 2.30. The summed E-state index contributed by atoms with van der Waals surface area (Å²) < 4.78 is 5.23. The summed E-state index contributed by atoms with van der Waals surface area (Å²) in [5, 5.41) is 13.4. The third-order valence-electron chi connectivity index (χ3n) is 2.48. The largest absolute Gasteiger partial charge is 0.480 e. The van der Waals surface area contributed by atoms with Gasteiger partial charge in [0.1, 0.15) is 5.01 Å². The zero-order valence-electron chi connectivity index (χ0n) is 10.5. The molecule has 0 atom stereocenters. The fourth-order valence-electron chi connectivity index (χ4n) is 1.60. The summed E-state index contributed by atoms with van der Waals surface area (Å²) in [6, 6.07) is 3.82. The maximum Gasteiger partial charge on any atom is 0.223 e. The summed E-state index contributed by atoms with van der Waals surface area (Å²) in [5.41, 5.74) is 0.900. The fourth-order valence-corrected chi connectivity index (χ4v) is 2.49. The molecule has 6 heteroatoms. The Bertz CT molecular complexity index is 500. The standard InChI is InChI=1S/C12H16N4OS/c1-13-7-4-6-10-15-16-12(18-10)9-5-3-8-14-11(9)17-2/h3,5,8,13H,4,6-7H2,1-2H3. The minimum Gasteiger partial charge on any atom is -0.480 e. The summed E-state index contributed by atoms with van der Waals surface area (Å²) in [4.78, 5) is 4.16. The van der Waals surface area contributed by atoms with Crippen LogP contribution in [0.5, 0.6) is 5.88 Å². The number of rotatable bonds is 6. The molecule has 0 amide bonds. The maximum atomic E-state index is 5.23. The molecule has 0 aliphatic carbocycles. The van der Waals surface area contributed by atoms with E-state index in [4.69, 9.17) is 4.74 Å². The van der Waals surface area contributed by atoms with Crippen LogP contribution in [0.25, 0.3) is 10.6 Å². The van der Waals surface area contributed by atoms with Crippen molar-refractivity contribution in [2.75, 3.05) is 20.7 Å². The average Bonchev–Trinajstić information content (AvgIpc) is 2.88. The van der Waals surface area contributed by atoms with Crippen LogP contribution in [-0.2, 0) is 6.42 Å². The molecule has 5 nitrogen and oxygen atoms in total. The van der Waals surface area contributed by atoms with Crippen molar-refractivity contribution in [2.24, 2.45) is 0 Å². The molecule has 0 unspecified atom stereocenters. The molecule has 1 N–H and O–H groups in total. The summed E-state index contributed by atoms with van der Waals surface area (Å²) in [6.45, 7) is 0.991. The highest BCUT2D eigenvalue weighted by Gasteiger charge is 2.11. The summed E-state index contributed by atoms with van der Waals surface area (Å²) in [7, 11) is 3.56. The number of hydrogen-bond donors (Lipinski definition) is 1. The lowest BCUT2D eigenvalue weighted by Crippen LogP contribution is -2.08. The molecule has 0 bridgehead atoms. The highest BCUT2D eigenvalue weighted by molar-refractivity contribution is 7.14. The second-order valence-electron chi connectivity index (χ2n) is 3.77. The van der Waals surface area contributed by atoms with Crippen molar-refractivity contribution in [1.29, 1.82) is 0 Å². The van der Waals surface area contributed by atoms with Gasteiger partial charge in [0.15, 0.2) is 5.01 Å². The molecule has 0 radical (unpaired) electrons. The first-order valence-electron chi connectivity index (χ1n) is 5.81. The van der Waals surface area contributed by atoms with Gasteiger partial charge in [-0.1, -0.05) is 11.3 Å². The summed E-state index contributed by atoms with van der Waals surface area (Å²) in [6.07, 6.45) is 3.72. The van der Waals surface area contributed by atoms with Crippen LogP contribution in [0, 0.1) is 0 Å². The SMILES string of the molecule is CNCCCc1nnc(-c2cccnc2OC)s1. The molecule has 2 aromatic rings. The number of ether oxygens (including phenoxy) is 1. The van der Waals surface area contributed by atoms with Crippen molar-refractivity contribution in [2.45, 2.75) is 12.8 Å². The number of nitrogens with one attached hydrogen (secondary N) is 1. The molecule has 18 heavy (non-hydrogen) atoms. The molecule has 0 saturated carbocycles. The first-order chi connectivity index (χ1) is 8.85. The van der Waals surface area contributed by atoms with Gasteiger partial charge in [-0.25, -0.2) is 4.98 Å². The zero-order chi connectivity index (χ0) is 12.8. The Balaban J connectivity index is 2.13. The second-order valence-corrected chi connectivity index (χ2v) is 4.83. The average molecular weight is 264 g/mol. The molecule has 96 valence electrons. The topological polar surface area (TPSA) is 59.9 Å². The lowest BCUT2D eigenvalue weighted by molar-refractivity contribution is 0.399. The molecule has 0 aliphatic rings. The van der Waals surface area contributed by atoms with E-state index in [-0.39, 0.29) is 0 Å². The van der Waals surface area contributed by atoms with Crippen molar-refractivity contribution in [3.05, 3.63) is 23.3 Å². The maximum absolute atomic E-state index is 5.23. The van der Waals surface area contributed by atoms with E-state index in [0.29, 0.717) is 5.88 Å². The van der Waals surface area contributed by atoms with Crippen LogP contribution in [0.1, 0.15) is 11.4 Å². The van der Waals surface area contributed by atoms with Gasteiger partial charge in [-0.3, -0.25) is 0 Å². The molecular formula is C12H16N4OS. The van der Waals surface area contributed by atoms with Crippen LogP contribution in [-0.4, -0.2) is 35.9 Å². The van der Waals surface area contributed by atoms with Crippen molar-refractivity contribution in [3.8, 4) is 16.5 Å². The van der Waals surface area contributed by atoms with E-state index in [2.05, 4.69) is 20.5 Å². The Morgan fingerprint density at radius 3 is 3.06 bits per heavy atom. The third kappa shape index (κ3) is 3.02. The van der Waals surface area contributed by atoms with E-state index in [1.165, 1.54) is 0 Å². The predicted molar refractivity (Wildman–Crippen MR) is 71.9 cm³/mol. The monoisotopic (exact) mass is 264 g/mol. The second kappa shape index (κ2) is 6.42. The first-order valence-corrected chi connectivity index (χ1v) is 6.63. The number of hydrogen-bond acceptors (Lipinski definition) is 6. The van der Waals surface area contributed by atoms with Crippen LogP contribution in [0.2, 0.25) is 0 Å². The van der Waals surface area contributed by atoms with Crippen molar-refractivity contribution in [3.63, 3.8) is 0 Å². The Morgan fingerprint density at radius 2 is 2.28 bits per heavy atom. The predicted octanol–water partition coefficient (Wildman–Crippen LogP) is 1.76. The molecule has 0 fully saturated rings. The molecule has 0 saturated heterocycles. The fraction of sp³-hybridized carbons (Fsp3) is 0.417. The van der Waals surface area contributed by atoms with Crippen LogP contribution in [0.3, 0.4) is 0 Å². The van der Waals surface area contributed by atoms with Gasteiger partial charge < -0.3 is 10.1 Å². The minimum absolute atomic E-state index is 0.593. The normalized spacial score (nSPS) is 10.6. The number of aryl methyl sites for hydroxylation is 1. The van der Waals surface area contributed by atoms with Gasteiger partial charge in [0.2, 0.25) is 5.88 Å². The van der Waals surface area contributed by atoms with Gasteiger partial charge in [0, 0.05) is 12.6 Å². The van der Waals surface area contributed by atoms with Gasteiger partial charge in [0.25, 0.3) is 0 Å². The lowest BCUT2D eigenvalue weighted by Gasteiger charge is -2.02. The third-order valence-corrected chi connectivity index (χ3v) is 3.50. The van der Waals surface area contributed by atoms with Gasteiger partial charge in [-0.05, 0) is 32.1 Å². The molecule has 2 aromatic heterocycles. The summed E-state index contributed by atoms with van der Waals surface area (Å²) in [5.74, 6) is 0.593. The van der Waals surface area contributed by atoms with Crippen molar-refractivity contribution < 1.29 is 4.74 Å². The molecule has 0 aliphatic heterocycles. The number of nitrogens with zero attached hydrogens (tertiary/aromatic N) is 3. The Kier molecular flexibility index (Phi) is 4.60. The van der Waals surface area contributed by atoms with E-state index in [1.54, 1.807) is 24.6 Å². The summed E-state index contributed by atoms with van der Waals surface area (Å²) >= 11 is 1.60. The van der Waals surface area contributed by atoms with Gasteiger partial charge >= 0.3 is 0 Å². The lowest BCUT2D eigenvalue weighted by atomic mass is 10.3. The Labute approximate surface area is 110 Å². The number of pyridine rings is 1. The minimum atomic E-state index is 0.593. The molecule has 0 spiro atoms. The number of methoxy groups -OCH3 is 1. The molecule has 2 heterocycles. The van der Waals surface area contributed by atoms with Crippen molar-refractivity contribution >= 4 is 11.3 Å². The van der Waals surface area contributed by atoms with Gasteiger partial charge in [-0.2, -0.15) is 0 Å². The number of aromatic nitrogens is 3. The molecular weight excluding hydrogens is 248 g/mol. The first kappa shape index (κ1) is 12.9.